The van der Waals surface area contributed by atoms with Crippen molar-refractivity contribution < 1.29 is 0 Å². The zero-order valence-electron chi connectivity index (χ0n) is 8.39. The maximum atomic E-state index is 4.10. The van der Waals surface area contributed by atoms with Gasteiger partial charge < -0.3 is 0 Å². The van der Waals surface area contributed by atoms with Gasteiger partial charge >= 0.3 is 0 Å². The van der Waals surface area contributed by atoms with Crippen LogP contribution < -0.4 is 0 Å². The molecule has 2 nitrogen and oxygen atoms in total. The van der Waals surface area contributed by atoms with Crippen LogP contribution >= 0.6 is 0 Å². The molecule has 1 aliphatic rings. The van der Waals surface area contributed by atoms with Gasteiger partial charge in [-0.2, -0.15) is 0 Å². The molecule has 0 radical (unpaired) electrons. The molecule has 11 heavy (non-hydrogen) atoms. The lowest BCUT2D eigenvalue weighted by Crippen LogP contribution is -2.03. The highest BCUT2D eigenvalue weighted by molar-refractivity contribution is 6.29. The van der Waals surface area contributed by atoms with Crippen molar-refractivity contribution in [1.29, 1.82) is 0 Å². The Morgan fingerprint density at radius 2 is 1.64 bits per heavy atom. The molecule has 1 rings (SSSR count). The van der Waals surface area contributed by atoms with Crippen LogP contribution in [0.3, 0.4) is 0 Å². The number of hydrogen-bond donors (Lipinski definition) is 0. The molecule has 0 aliphatic carbocycles. The lowest BCUT2D eigenvalue weighted by atomic mass is 10.4. The van der Waals surface area contributed by atoms with Crippen molar-refractivity contribution >= 4 is 11.9 Å². The molecule has 1 heterocycles. The van der Waals surface area contributed by atoms with Gasteiger partial charge in [0, 0.05) is 11.9 Å². The summed E-state index contributed by atoms with van der Waals surface area (Å²) in [5, 5.41) is 0. The van der Waals surface area contributed by atoms with Gasteiger partial charge in [0.15, 0.2) is 0 Å². The van der Waals surface area contributed by atoms with E-state index in [1.165, 1.54) is 0 Å². The van der Waals surface area contributed by atoms with Crippen LogP contribution in [0, 0.1) is 0 Å². The van der Waals surface area contributed by atoms with Crippen molar-refractivity contribution in [3.63, 3.8) is 0 Å². The maximum absolute atomic E-state index is 4.10. The topological polar surface area (TPSA) is 24.7 Å². The molecule has 0 aromatic rings. The fourth-order valence-corrected chi connectivity index (χ4v) is 0.522. The molecule has 2 heteroatoms. The predicted molar refractivity (Wildman–Crippen MR) is 54.0 cm³/mol. The highest BCUT2D eigenvalue weighted by atomic mass is 14.9. The molecule has 0 aromatic heterocycles. The molecule has 0 atom stereocenters. The Kier molecular flexibility index (Phi) is 14.2. The van der Waals surface area contributed by atoms with Gasteiger partial charge in [-0.3, -0.25) is 9.98 Å². The summed E-state index contributed by atoms with van der Waals surface area (Å²) in [6.07, 6.45) is 1.81. The van der Waals surface area contributed by atoms with Crippen LogP contribution in [0.2, 0.25) is 0 Å². The number of rotatable bonds is 0. The molecule has 0 fully saturated rings. The first kappa shape index (κ1) is 13.0. The Hall–Kier alpha value is -0.660. The first-order valence-corrected chi connectivity index (χ1v) is 4.40. The molecule has 0 aromatic carbocycles. The molecule has 0 saturated carbocycles. The van der Waals surface area contributed by atoms with E-state index >= 15 is 0 Å². The van der Waals surface area contributed by atoms with Crippen LogP contribution in [0.25, 0.3) is 0 Å². The molecule has 1 aliphatic heterocycles. The number of nitrogens with zero attached hydrogens (tertiary/aromatic N) is 2. The minimum Gasteiger partial charge on any atom is -0.289 e. The summed E-state index contributed by atoms with van der Waals surface area (Å²) in [6, 6.07) is 0. The van der Waals surface area contributed by atoms with E-state index in [1.807, 2.05) is 40.8 Å². The summed E-state index contributed by atoms with van der Waals surface area (Å²) in [5.41, 5.74) is 1.05. The fraction of sp³-hybridized carbons (Fsp3) is 0.778. The van der Waals surface area contributed by atoms with E-state index in [2.05, 4.69) is 9.98 Å². The molecule has 0 unspecified atom stereocenters. The monoisotopic (exact) mass is 156 g/mol. The van der Waals surface area contributed by atoms with E-state index in [-0.39, 0.29) is 0 Å². The number of aliphatic imine (C=N–C) groups is 2. The second-order valence-electron chi connectivity index (χ2n) is 1.56. The van der Waals surface area contributed by atoms with Crippen molar-refractivity contribution in [2.24, 2.45) is 9.98 Å². The SMILES string of the molecule is CC.CC.CC1=NCCN=C1. The van der Waals surface area contributed by atoms with Crippen LogP contribution in [-0.2, 0) is 0 Å². The van der Waals surface area contributed by atoms with Crippen molar-refractivity contribution in [2.45, 2.75) is 34.6 Å². The van der Waals surface area contributed by atoms with Crippen LogP contribution in [0.4, 0.5) is 0 Å². The van der Waals surface area contributed by atoms with Gasteiger partial charge in [-0.15, -0.1) is 0 Å². The van der Waals surface area contributed by atoms with E-state index < -0.39 is 0 Å². The second kappa shape index (κ2) is 12.1. The highest BCUT2D eigenvalue weighted by Gasteiger charge is 1.88. The van der Waals surface area contributed by atoms with Crippen LogP contribution in [0.5, 0.6) is 0 Å². The summed E-state index contributed by atoms with van der Waals surface area (Å²) in [4.78, 5) is 8.10. The summed E-state index contributed by atoms with van der Waals surface area (Å²) in [6.45, 7) is 11.7. The maximum Gasteiger partial charge on any atom is 0.0589 e. The van der Waals surface area contributed by atoms with Gasteiger partial charge in [0.25, 0.3) is 0 Å². The second-order valence-corrected chi connectivity index (χ2v) is 1.56. The molecular formula is C9H20N2. The first-order valence-electron chi connectivity index (χ1n) is 4.40. The predicted octanol–water partition coefficient (Wildman–Crippen LogP) is 2.58. The van der Waals surface area contributed by atoms with Crippen molar-refractivity contribution in [1.82, 2.24) is 0 Å². The highest BCUT2D eigenvalue weighted by Crippen LogP contribution is 1.82. The largest absolute Gasteiger partial charge is 0.289 e. The normalized spacial score (nSPS) is 13.4. The lowest BCUT2D eigenvalue weighted by Gasteiger charge is -1.96. The minimum atomic E-state index is 0.872. The van der Waals surface area contributed by atoms with E-state index in [1.54, 1.807) is 0 Å². The third-order valence-electron chi connectivity index (χ3n) is 0.868. The van der Waals surface area contributed by atoms with Crippen LogP contribution in [0.1, 0.15) is 34.6 Å². The fourth-order valence-electron chi connectivity index (χ4n) is 0.522. The van der Waals surface area contributed by atoms with Crippen molar-refractivity contribution in [2.75, 3.05) is 13.1 Å². The van der Waals surface area contributed by atoms with Gasteiger partial charge in [-0.25, -0.2) is 0 Å². The standard InChI is InChI=1S/C5H8N2.2C2H6/c1-5-4-6-2-3-7-5;2*1-2/h4H,2-3H2,1H3;2*1-2H3. The third-order valence-corrected chi connectivity index (χ3v) is 0.868. The van der Waals surface area contributed by atoms with Gasteiger partial charge in [-0.1, -0.05) is 27.7 Å². The molecular weight excluding hydrogens is 136 g/mol. The van der Waals surface area contributed by atoms with Crippen LogP contribution in [0.15, 0.2) is 9.98 Å². The summed E-state index contributed by atoms with van der Waals surface area (Å²) in [5.74, 6) is 0. The Bertz CT molecular complexity index is 115. The summed E-state index contributed by atoms with van der Waals surface area (Å²) < 4.78 is 0. The molecule has 0 saturated heterocycles. The van der Waals surface area contributed by atoms with Gasteiger partial charge in [0.05, 0.1) is 13.1 Å². The summed E-state index contributed by atoms with van der Waals surface area (Å²) in [7, 11) is 0. The summed E-state index contributed by atoms with van der Waals surface area (Å²) >= 11 is 0. The average Bonchev–Trinajstić information content (AvgIpc) is 2.13. The average molecular weight is 156 g/mol. The minimum absolute atomic E-state index is 0.872. The smallest absolute Gasteiger partial charge is 0.0589 e. The van der Waals surface area contributed by atoms with E-state index in [0.717, 1.165) is 18.8 Å². The zero-order valence-corrected chi connectivity index (χ0v) is 8.39. The van der Waals surface area contributed by atoms with E-state index in [0.29, 0.717) is 0 Å². The molecule has 0 amide bonds. The van der Waals surface area contributed by atoms with E-state index in [4.69, 9.17) is 0 Å². The number of hydrogen-bond acceptors (Lipinski definition) is 2. The first-order chi connectivity index (χ1) is 5.39. The van der Waals surface area contributed by atoms with Gasteiger partial charge in [0.1, 0.15) is 0 Å². The Morgan fingerprint density at radius 3 is 1.82 bits per heavy atom. The van der Waals surface area contributed by atoms with Gasteiger partial charge in [-0.05, 0) is 6.92 Å². The lowest BCUT2D eigenvalue weighted by molar-refractivity contribution is 0.969. The van der Waals surface area contributed by atoms with Crippen molar-refractivity contribution in [3.05, 3.63) is 0 Å². The Labute approximate surface area is 70.5 Å². The third kappa shape index (κ3) is 9.34. The van der Waals surface area contributed by atoms with Crippen LogP contribution in [-0.4, -0.2) is 25.0 Å². The molecule has 0 N–H and O–H groups in total. The molecule has 66 valence electrons. The Morgan fingerprint density at radius 1 is 1.09 bits per heavy atom. The van der Waals surface area contributed by atoms with Crippen molar-refractivity contribution in [3.8, 4) is 0 Å². The molecule has 0 spiro atoms. The molecule has 0 bridgehead atoms. The Balaban J connectivity index is 0. The van der Waals surface area contributed by atoms with E-state index in [9.17, 15) is 0 Å². The van der Waals surface area contributed by atoms with Gasteiger partial charge in [0.2, 0.25) is 0 Å². The zero-order chi connectivity index (χ0) is 9.11. The quantitative estimate of drug-likeness (QED) is 0.515.